The highest BCUT2D eigenvalue weighted by molar-refractivity contribution is 5.66. The summed E-state index contributed by atoms with van der Waals surface area (Å²) in [4.78, 5) is 10.4. The Morgan fingerprint density at radius 2 is 1.92 bits per heavy atom. The number of hydrogen-bond donors (Lipinski definition) is 2. The van der Waals surface area contributed by atoms with E-state index in [0.717, 1.165) is 38.2 Å². The van der Waals surface area contributed by atoms with E-state index in [1.807, 2.05) is 0 Å². The van der Waals surface area contributed by atoms with Crippen LogP contribution in [0.15, 0.2) is 18.2 Å². The second-order valence-corrected chi connectivity index (χ2v) is 5.91. The zero-order valence-electron chi connectivity index (χ0n) is 14.5. The van der Waals surface area contributed by atoms with Crippen molar-refractivity contribution in [1.29, 1.82) is 0 Å². The molecular formula is C18H26F3NO3. The molecule has 0 aliphatic rings. The lowest BCUT2D eigenvalue weighted by molar-refractivity contribution is -0.139. The van der Waals surface area contributed by atoms with Crippen molar-refractivity contribution in [2.45, 2.75) is 58.2 Å². The molecule has 0 aromatic heterocycles. The molecule has 0 amide bonds. The number of hydrogen-bond acceptors (Lipinski definition) is 3. The average Bonchev–Trinajstić information content (AvgIpc) is 2.54. The largest absolute Gasteiger partial charge is 0.493 e. The molecule has 1 rings (SSSR count). The molecule has 0 bridgehead atoms. The van der Waals surface area contributed by atoms with E-state index in [4.69, 9.17) is 9.84 Å². The fourth-order valence-electron chi connectivity index (χ4n) is 2.35. The number of carbonyl (C=O) groups is 1. The van der Waals surface area contributed by atoms with Crippen molar-refractivity contribution >= 4 is 5.97 Å². The summed E-state index contributed by atoms with van der Waals surface area (Å²) in [6, 6.07) is 3.96. The van der Waals surface area contributed by atoms with Gasteiger partial charge in [-0.2, -0.15) is 13.2 Å². The lowest BCUT2D eigenvalue weighted by Gasteiger charge is -2.15. The molecule has 0 aliphatic heterocycles. The van der Waals surface area contributed by atoms with E-state index in [9.17, 15) is 18.0 Å². The lowest BCUT2D eigenvalue weighted by Crippen LogP contribution is -2.18. The molecule has 7 heteroatoms. The molecule has 0 atom stereocenters. The molecule has 2 N–H and O–H groups in total. The van der Waals surface area contributed by atoms with Gasteiger partial charge in [0.05, 0.1) is 18.6 Å². The number of carboxylic acids is 1. The molecular weight excluding hydrogens is 335 g/mol. The maximum atomic E-state index is 13.2. The summed E-state index contributed by atoms with van der Waals surface area (Å²) < 4.78 is 45.0. The van der Waals surface area contributed by atoms with Crippen molar-refractivity contribution in [3.8, 4) is 5.75 Å². The van der Waals surface area contributed by atoms with Crippen LogP contribution in [0.5, 0.6) is 5.75 Å². The number of unbranched alkanes of at least 4 members (excludes halogenated alkanes) is 4. The molecule has 0 fully saturated rings. The minimum atomic E-state index is -4.49. The standard InChI is InChI=1S/C18H26F3NO3/c1-2-3-4-5-6-11-25-16-8-7-14(12-15(16)18(19,20)21)13-22-10-9-17(23)24/h7-8,12,22H,2-6,9-11,13H2,1H3,(H,23,24). The molecule has 1 aromatic carbocycles. The highest BCUT2D eigenvalue weighted by atomic mass is 19.4. The number of aliphatic carboxylic acids is 1. The Morgan fingerprint density at radius 3 is 2.56 bits per heavy atom. The van der Waals surface area contributed by atoms with Crippen LogP contribution < -0.4 is 10.1 Å². The first-order chi connectivity index (χ1) is 11.8. The maximum absolute atomic E-state index is 13.2. The highest BCUT2D eigenvalue weighted by Crippen LogP contribution is 2.37. The molecule has 0 aliphatic carbocycles. The molecule has 4 nitrogen and oxygen atoms in total. The molecule has 0 radical (unpaired) electrons. The number of carboxylic acid groups (broad SMARTS) is 1. The molecule has 0 spiro atoms. The van der Waals surface area contributed by atoms with Crippen LogP contribution in [0, 0.1) is 0 Å². The predicted octanol–water partition coefficient (Wildman–Crippen LogP) is 4.62. The van der Waals surface area contributed by atoms with Crippen molar-refractivity contribution in [2.24, 2.45) is 0 Å². The zero-order chi connectivity index (χ0) is 18.7. The maximum Gasteiger partial charge on any atom is 0.419 e. The van der Waals surface area contributed by atoms with Crippen LogP contribution in [0.25, 0.3) is 0 Å². The van der Waals surface area contributed by atoms with E-state index in [1.54, 1.807) is 6.07 Å². The first-order valence-electron chi connectivity index (χ1n) is 8.60. The molecule has 0 heterocycles. The second kappa shape index (κ2) is 11.0. The number of nitrogens with one attached hydrogen (secondary N) is 1. The fourth-order valence-corrected chi connectivity index (χ4v) is 2.35. The van der Waals surface area contributed by atoms with Gasteiger partial charge in [-0.3, -0.25) is 4.79 Å². The number of rotatable bonds is 12. The summed E-state index contributed by atoms with van der Waals surface area (Å²) in [5.74, 6) is -1.11. The molecule has 0 saturated carbocycles. The summed E-state index contributed by atoms with van der Waals surface area (Å²) in [6.45, 7) is 2.74. The van der Waals surface area contributed by atoms with E-state index in [2.05, 4.69) is 12.2 Å². The van der Waals surface area contributed by atoms with E-state index in [1.165, 1.54) is 6.07 Å². The minimum absolute atomic E-state index is 0.0780. The van der Waals surface area contributed by atoms with Gasteiger partial charge in [-0.1, -0.05) is 38.7 Å². The van der Waals surface area contributed by atoms with Crippen LogP contribution >= 0.6 is 0 Å². The van der Waals surface area contributed by atoms with Crippen molar-refractivity contribution in [3.05, 3.63) is 29.3 Å². The van der Waals surface area contributed by atoms with Gasteiger partial charge in [-0.05, 0) is 24.1 Å². The van der Waals surface area contributed by atoms with Crippen LogP contribution in [-0.4, -0.2) is 24.2 Å². The number of halogens is 3. The van der Waals surface area contributed by atoms with E-state index < -0.39 is 17.7 Å². The lowest BCUT2D eigenvalue weighted by atomic mass is 10.1. The SMILES string of the molecule is CCCCCCCOc1ccc(CNCCC(=O)O)cc1C(F)(F)F. The second-order valence-electron chi connectivity index (χ2n) is 5.91. The Kier molecular flexibility index (Phi) is 9.34. The highest BCUT2D eigenvalue weighted by Gasteiger charge is 2.34. The summed E-state index contributed by atoms with van der Waals surface area (Å²) >= 11 is 0. The Morgan fingerprint density at radius 1 is 1.20 bits per heavy atom. The third-order valence-electron chi connectivity index (χ3n) is 3.70. The van der Waals surface area contributed by atoms with Gasteiger partial charge in [-0.25, -0.2) is 0 Å². The summed E-state index contributed by atoms with van der Waals surface area (Å²) in [5, 5.41) is 11.4. The van der Waals surface area contributed by atoms with Gasteiger partial charge in [0, 0.05) is 13.1 Å². The predicted molar refractivity (Wildman–Crippen MR) is 89.7 cm³/mol. The molecule has 142 valence electrons. The van der Waals surface area contributed by atoms with Gasteiger partial charge in [0.25, 0.3) is 0 Å². The molecule has 25 heavy (non-hydrogen) atoms. The Bertz CT molecular complexity index is 533. The molecule has 1 aromatic rings. The van der Waals surface area contributed by atoms with E-state index in [-0.39, 0.29) is 31.9 Å². The van der Waals surface area contributed by atoms with Crippen LogP contribution in [0.4, 0.5) is 13.2 Å². The third-order valence-corrected chi connectivity index (χ3v) is 3.70. The molecule has 0 unspecified atom stereocenters. The fraction of sp³-hybridized carbons (Fsp3) is 0.611. The van der Waals surface area contributed by atoms with Crippen molar-refractivity contribution < 1.29 is 27.8 Å². The normalized spacial score (nSPS) is 11.5. The first kappa shape index (κ1) is 21.3. The summed E-state index contributed by atoms with van der Waals surface area (Å²) in [5.41, 5.74) is -0.355. The Balaban J connectivity index is 2.60. The van der Waals surface area contributed by atoms with Gasteiger partial charge in [0.1, 0.15) is 5.75 Å². The number of alkyl halides is 3. The first-order valence-corrected chi connectivity index (χ1v) is 8.60. The van der Waals surface area contributed by atoms with Gasteiger partial charge in [-0.15, -0.1) is 0 Å². The van der Waals surface area contributed by atoms with Crippen molar-refractivity contribution in [1.82, 2.24) is 5.32 Å². The number of benzene rings is 1. The van der Waals surface area contributed by atoms with E-state index in [0.29, 0.717) is 5.56 Å². The average molecular weight is 361 g/mol. The molecule has 0 saturated heterocycles. The van der Waals surface area contributed by atoms with Crippen LogP contribution in [-0.2, 0) is 17.5 Å². The summed E-state index contributed by atoms with van der Waals surface area (Å²) in [6.07, 6.45) is 0.405. The number of ether oxygens (including phenoxy) is 1. The zero-order valence-corrected chi connectivity index (χ0v) is 14.5. The van der Waals surface area contributed by atoms with Crippen LogP contribution in [0.1, 0.15) is 56.6 Å². The van der Waals surface area contributed by atoms with Crippen LogP contribution in [0.3, 0.4) is 0 Å². The monoisotopic (exact) mass is 361 g/mol. The van der Waals surface area contributed by atoms with Crippen molar-refractivity contribution in [3.63, 3.8) is 0 Å². The Hall–Kier alpha value is -1.76. The van der Waals surface area contributed by atoms with Crippen molar-refractivity contribution in [2.75, 3.05) is 13.2 Å². The van der Waals surface area contributed by atoms with Gasteiger partial charge in [0.2, 0.25) is 0 Å². The Labute approximate surface area is 146 Å². The van der Waals surface area contributed by atoms with E-state index >= 15 is 0 Å². The third kappa shape index (κ3) is 8.77. The van der Waals surface area contributed by atoms with Gasteiger partial charge in [0.15, 0.2) is 0 Å². The minimum Gasteiger partial charge on any atom is -0.493 e. The van der Waals surface area contributed by atoms with Gasteiger partial charge >= 0.3 is 12.1 Å². The topological polar surface area (TPSA) is 58.6 Å². The van der Waals surface area contributed by atoms with Gasteiger partial charge < -0.3 is 15.2 Å². The van der Waals surface area contributed by atoms with Crippen LogP contribution in [0.2, 0.25) is 0 Å². The quantitative estimate of drug-likeness (QED) is 0.534. The smallest absolute Gasteiger partial charge is 0.419 e. The summed E-state index contributed by atoms with van der Waals surface area (Å²) in [7, 11) is 0.